The van der Waals surface area contributed by atoms with E-state index < -0.39 is 47.9 Å². The molecule has 4 amide bonds. The maximum absolute atomic E-state index is 14.1. The molecule has 210 valence electrons. The van der Waals surface area contributed by atoms with E-state index >= 15 is 0 Å². The van der Waals surface area contributed by atoms with Crippen LogP contribution >= 0.6 is 11.6 Å². The van der Waals surface area contributed by atoms with Gasteiger partial charge in [0.05, 0.1) is 17.1 Å². The van der Waals surface area contributed by atoms with Crippen LogP contribution in [0.2, 0.25) is 5.02 Å². The first kappa shape index (κ1) is 30.0. The lowest BCUT2D eigenvalue weighted by Gasteiger charge is -2.35. The molecular formula is C29H37ClN4O5. The monoisotopic (exact) mass is 556 g/mol. The number of para-hydroxylation sites is 1. The van der Waals surface area contributed by atoms with Crippen LogP contribution in [-0.2, 0) is 19.1 Å². The van der Waals surface area contributed by atoms with Crippen LogP contribution in [-0.4, -0.2) is 46.4 Å². The van der Waals surface area contributed by atoms with Crippen molar-refractivity contribution >= 4 is 41.1 Å². The maximum atomic E-state index is 14.1. The number of halogens is 1. The molecule has 1 aliphatic rings. The van der Waals surface area contributed by atoms with Crippen molar-refractivity contribution in [3.05, 3.63) is 63.7 Å². The smallest absolute Gasteiger partial charge is 0.408 e. The van der Waals surface area contributed by atoms with E-state index in [0.717, 1.165) is 16.7 Å². The zero-order valence-electron chi connectivity index (χ0n) is 23.3. The molecule has 10 heteroatoms. The van der Waals surface area contributed by atoms with Crippen molar-refractivity contribution in [2.45, 2.75) is 84.5 Å². The van der Waals surface area contributed by atoms with Gasteiger partial charge in [-0.25, -0.2) is 4.79 Å². The van der Waals surface area contributed by atoms with Gasteiger partial charge in [0.1, 0.15) is 17.7 Å². The Morgan fingerprint density at radius 2 is 1.74 bits per heavy atom. The molecule has 0 radical (unpaired) electrons. The third kappa shape index (κ3) is 7.95. The number of nitrogens with two attached hydrogens (primary N) is 1. The van der Waals surface area contributed by atoms with E-state index in [4.69, 9.17) is 22.1 Å². The predicted molar refractivity (Wildman–Crippen MR) is 150 cm³/mol. The quantitative estimate of drug-likeness (QED) is 0.412. The van der Waals surface area contributed by atoms with Gasteiger partial charge in [0.2, 0.25) is 11.8 Å². The molecule has 0 aliphatic heterocycles. The van der Waals surface area contributed by atoms with E-state index in [2.05, 4.69) is 10.6 Å². The van der Waals surface area contributed by atoms with Crippen molar-refractivity contribution in [3.8, 4) is 0 Å². The number of rotatable bonds is 9. The van der Waals surface area contributed by atoms with Crippen LogP contribution in [0.3, 0.4) is 0 Å². The number of anilines is 1. The van der Waals surface area contributed by atoms with Gasteiger partial charge in [0, 0.05) is 6.04 Å². The Bertz CT molecular complexity index is 1250. The lowest BCUT2D eigenvalue weighted by Crippen LogP contribution is -2.54. The number of benzene rings is 2. The minimum absolute atomic E-state index is 0.267. The third-order valence-corrected chi connectivity index (χ3v) is 6.63. The summed E-state index contributed by atoms with van der Waals surface area (Å²) in [5.41, 5.74) is 8.19. The molecule has 2 aromatic rings. The number of amides is 4. The highest BCUT2D eigenvalue weighted by Gasteiger charge is 2.45. The molecule has 0 saturated heterocycles. The van der Waals surface area contributed by atoms with Crippen molar-refractivity contribution in [2.24, 2.45) is 5.73 Å². The average molecular weight is 557 g/mol. The van der Waals surface area contributed by atoms with Gasteiger partial charge in [-0.3, -0.25) is 14.4 Å². The van der Waals surface area contributed by atoms with Gasteiger partial charge in [-0.05, 0) is 77.1 Å². The van der Waals surface area contributed by atoms with E-state index in [9.17, 15) is 19.2 Å². The summed E-state index contributed by atoms with van der Waals surface area (Å²) >= 11 is 6.41. The predicted octanol–water partition coefficient (Wildman–Crippen LogP) is 4.70. The molecule has 1 aliphatic carbocycles. The molecule has 2 atom stereocenters. The van der Waals surface area contributed by atoms with Gasteiger partial charge >= 0.3 is 6.09 Å². The Hall–Kier alpha value is -3.59. The Balaban J connectivity index is 2.07. The Morgan fingerprint density at radius 1 is 1.08 bits per heavy atom. The van der Waals surface area contributed by atoms with Crippen LogP contribution < -0.4 is 16.4 Å². The Kier molecular flexibility index (Phi) is 9.27. The van der Waals surface area contributed by atoms with Crippen molar-refractivity contribution in [1.29, 1.82) is 0 Å². The topological polar surface area (TPSA) is 131 Å². The molecule has 9 nitrogen and oxygen atoms in total. The summed E-state index contributed by atoms with van der Waals surface area (Å²) in [6, 6.07) is 8.32. The van der Waals surface area contributed by atoms with Crippen molar-refractivity contribution in [2.75, 3.05) is 5.32 Å². The van der Waals surface area contributed by atoms with Gasteiger partial charge in [0.25, 0.3) is 5.91 Å². The van der Waals surface area contributed by atoms with Gasteiger partial charge in [-0.1, -0.05) is 47.5 Å². The fourth-order valence-electron chi connectivity index (χ4n) is 4.36. The van der Waals surface area contributed by atoms with Crippen LogP contribution in [0.25, 0.3) is 0 Å². The largest absolute Gasteiger partial charge is 0.444 e. The second-order valence-corrected chi connectivity index (χ2v) is 11.4. The van der Waals surface area contributed by atoms with E-state index in [0.29, 0.717) is 29.1 Å². The zero-order valence-corrected chi connectivity index (χ0v) is 24.0. The molecule has 2 unspecified atom stereocenters. The minimum atomic E-state index is -1.32. The van der Waals surface area contributed by atoms with Crippen LogP contribution in [0.1, 0.15) is 68.3 Å². The number of carbonyl (C=O) groups excluding carboxylic acids is 4. The molecular weight excluding hydrogens is 520 g/mol. The molecule has 3 rings (SSSR count). The van der Waals surface area contributed by atoms with Crippen molar-refractivity contribution in [3.63, 3.8) is 0 Å². The average Bonchev–Trinajstić information content (AvgIpc) is 3.64. The lowest BCUT2D eigenvalue weighted by atomic mass is 9.95. The normalized spacial score (nSPS) is 14.6. The first-order chi connectivity index (χ1) is 18.2. The summed E-state index contributed by atoms with van der Waals surface area (Å²) in [6.45, 7) is 10.7. The number of primary amides is 1. The molecule has 39 heavy (non-hydrogen) atoms. The highest BCUT2D eigenvalue weighted by molar-refractivity contribution is 6.34. The molecule has 4 N–H and O–H groups in total. The fourth-order valence-corrected chi connectivity index (χ4v) is 4.62. The number of hydrogen-bond acceptors (Lipinski definition) is 5. The number of aryl methyl sites for hydroxylation is 3. The lowest BCUT2D eigenvalue weighted by molar-refractivity contribution is -0.142. The second-order valence-electron chi connectivity index (χ2n) is 11.0. The highest BCUT2D eigenvalue weighted by Crippen LogP contribution is 2.38. The fraction of sp³-hybridized carbons (Fsp3) is 0.448. The number of ether oxygens (including phenoxy) is 1. The summed E-state index contributed by atoms with van der Waals surface area (Å²) in [4.78, 5) is 54.2. The van der Waals surface area contributed by atoms with Crippen LogP contribution in [0, 0.1) is 20.8 Å². The van der Waals surface area contributed by atoms with Crippen molar-refractivity contribution in [1.82, 2.24) is 10.2 Å². The molecule has 0 aromatic heterocycles. The molecule has 2 aromatic carbocycles. The van der Waals surface area contributed by atoms with Gasteiger partial charge in [-0.2, -0.15) is 0 Å². The summed E-state index contributed by atoms with van der Waals surface area (Å²) in [7, 11) is 0. The van der Waals surface area contributed by atoms with E-state index in [1.807, 2.05) is 45.0 Å². The van der Waals surface area contributed by atoms with E-state index in [-0.39, 0.29) is 6.04 Å². The maximum Gasteiger partial charge on any atom is 0.408 e. The number of alkyl carbamates (subject to hydrolysis) is 1. The summed E-state index contributed by atoms with van der Waals surface area (Å²) in [6.07, 6.45) is 0.0198. The number of hydrogen-bond donors (Lipinski definition) is 3. The van der Waals surface area contributed by atoms with Crippen LogP contribution in [0.4, 0.5) is 10.5 Å². The Morgan fingerprint density at radius 3 is 2.31 bits per heavy atom. The first-order valence-corrected chi connectivity index (χ1v) is 13.3. The zero-order chi connectivity index (χ0) is 29.1. The molecule has 0 spiro atoms. The summed E-state index contributed by atoms with van der Waals surface area (Å²) < 4.78 is 5.32. The number of carbonyl (C=O) groups is 4. The third-order valence-electron chi connectivity index (χ3n) is 6.32. The Labute approximate surface area is 234 Å². The molecule has 0 bridgehead atoms. The number of nitrogens with zero attached hydrogens (tertiary/aromatic N) is 1. The highest BCUT2D eigenvalue weighted by atomic mass is 35.5. The molecule has 1 saturated carbocycles. The summed E-state index contributed by atoms with van der Waals surface area (Å²) in [5.74, 6) is -1.84. The standard InChI is InChI=1S/C29H37ClN4O5/c1-16-10-11-17(2)20(14-16)25(26(36)33-24-18(3)8-7-9-21(24)30)34(19-12-13-19)27(37)22(15-23(31)35)32-28(38)39-29(4,5)6/h7-11,14,19,22,25H,12-13,15H2,1-6H3,(H2,31,35)(H,32,38)(H,33,36). The first-order valence-electron chi connectivity index (χ1n) is 12.9. The molecule has 0 heterocycles. The van der Waals surface area contributed by atoms with Gasteiger partial charge in [-0.15, -0.1) is 0 Å². The van der Waals surface area contributed by atoms with E-state index in [1.54, 1.807) is 32.9 Å². The van der Waals surface area contributed by atoms with Crippen LogP contribution in [0.15, 0.2) is 36.4 Å². The number of nitrogens with one attached hydrogen (secondary N) is 2. The summed E-state index contributed by atoms with van der Waals surface area (Å²) in [5, 5.41) is 5.79. The second kappa shape index (κ2) is 12.1. The van der Waals surface area contributed by atoms with E-state index in [1.165, 1.54) is 4.90 Å². The SMILES string of the molecule is Cc1ccc(C)c(C(C(=O)Nc2c(C)cccc2Cl)N(C(=O)C(CC(N)=O)NC(=O)OC(C)(C)C)C2CC2)c1. The van der Waals surface area contributed by atoms with Crippen molar-refractivity contribution < 1.29 is 23.9 Å². The van der Waals surface area contributed by atoms with Gasteiger partial charge < -0.3 is 26.0 Å². The molecule has 1 fully saturated rings. The minimum Gasteiger partial charge on any atom is -0.444 e. The van der Waals surface area contributed by atoms with Gasteiger partial charge in [0.15, 0.2) is 0 Å². The van der Waals surface area contributed by atoms with Crippen LogP contribution in [0.5, 0.6) is 0 Å².